The molecule has 8 rings (SSSR count). The van der Waals surface area contributed by atoms with Crippen molar-refractivity contribution in [1.82, 2.24) is 9.55 Å². The van der Waals surface area contributed by atoms with Crippen molar-refractivity contribution in [3.8, 4) is 5.69 Å². The van der Waals surface area contributed by atoms with E-state index in [4.69, 9.17) is 4.42 Å². The molecule has 3 heterocycles. The zero-order valence-electron chi connectivity index (χ0n) is 20.5. The topological polar surface area (TPSA) is 31.0 Å². The number of furan rings is 1. The van der Waals surface area contributed by atoms with Gasteiger partial charge in [0.1, 0.15) is 11.1 Å². The third-order valence-electron chi connectivity index (χ3n) is 7.48. The molecular weight excluding hydrogens is 464 g/mol. The molecule has 0 radical (unpaired) electrons. The quantitative estimate of drug-likeness (QED) is 0.231. The van der Waals surface area contributed by atoms with E-state index in [-0.39, 0.29) is 0 Å². The van der Waals surface area contributed by atoms with Crippen LogP contribution in [0.4, 0.5) is 0 Å². The van der Waals surface area contributed by atoms with Gasteiger partial charge in [-0.15, -0.1) is 0 Å². The van der Waals surface area contributed by atoms with Gasteiger partial charge in [-0.2, -0.15) is 0 Å². The van der Waals surface area contributed by atoms with Crippen molar-refractivity contribution < 1.29 is 4.42 Å². The monoisotopic (exact) mass is 486 g/mol. The second-order valence-corrected chi connectivity index (χ2v) is 9.59. The number of hydrogen-bond donors (Lipinski definition) is 0. The maximum atomic E-state index is 6.11. The van der Waals surface area contributed by atoms with Crippen molar-refractivity contribution in [2.75, 3.05) is 0 Å². The van der Waals surface area contributed by atoms with Crippen LogP contribution in [0.25, 0.3) is 71.1 Å². The number of hydrogen-bond acceptors (Lipinski definition) is 2. The van der Waals surface area contributed by atoms with Gasteiger partial charge in [0.05, 0.1) is 11.0 Å². The Balaban J connectivity index is 1.68. The van der Waals surface area contributed by atoms with Gasteiger partial charge in [-0.05, 0) is 64.0 Å². The predicted molar refractivity (Wildman–Crippen MR) is 158 cm³/mol. The van der Waals surface area contributed by atoms with Gasteiger partial charge in [0, 0.05) is 28.0 Å². The minimum atomic E-state index is 0.799. The maximum absolute atomic E-state index is 6.11. The van der Waals surface area contributed by atoms with E-state index in [1.807, 2.05) is 18.3 Å². The molecule has 3 aromatic heterocycles. The van der Waals surface area contributed by atoms with Crippen LogP contribution in [0.5, 0.6) is 0 Å². The summed E-state index contributed by atoms with van der Waals surface area (Å²) in [5, 5.41) is 8.26. The molecule has 0 bridgehead atoms. The molecule has 8 aromatic rings. The first kappa shape index (κ1) is 21.0. The number of pyridine rings is 1. The first-order valence-corrected chi connectivity index (χ1v) is 12.8. The fourth-order valence-corrected chi connectivity index (χ4v) is 5.83. The van der Waals surface area contributed by atoms with E-state index in [1.165, 1.54) is 32.3 Å². The second kappa shape index (κ2) is 8.19. The molecule has 0 N–H and O–H groups in total. The lowest BCUT2D eigenvalue weighted by molar-refractivity contribution is 0.668. The van der Waals surface area contributed by atoms with E-state index >= 15 is 0 Å². The minimum Gasteiger partial charge on any atom is -0.454 e. The summed E-state index contributed by atoms with van der Waals surface area (Å²) in [4.78, 5) is 4.64. The molecule has 5 aromatic carbocycles. The summed E-state index contributed by atoms with van der Waals surface area (Å²) in [5.41, 5.74) is 5.82. The van der Waals surface area contributed by atoms with Gasteiger partial charge in [-0.3, -0.25) is 4.98 Å². The number of benzene rings is 5. The fraction of sp³-hybridized carbons (Fsp3) is 0. The average Bonchev–Trinajstić information content (AvgIpc) is 3.37. The van der Waals surface area contributed by atoms with Gasteiger partial charge >= 0.3 is 0 Å². The molecule has 0 aliphatic rings. The van der Waals surface area contributed by atoms with Crippen molar-refractivity contribution in [1.29, 1.82) is 0 Å². The van der Waals surface area contributed by atoms with E-state index in [1.54, 1.807) is 0 Å². The number of nitrogens with zero attached hydrogens (tertiary/aromatic N) is 2. The highest BCUT2D eigenvalue weighted by molar-refractivity contribution is 6.19. The van der Waals surface area contributed by atoms with Crippen molar-refractivity contribution >= 4 is 65.4 Å². The van der Waals surface area contributed by atoms with E-state index < -0.39 is 0 Å². The number of fused-ring (bicyclic) bond motifs is 10. The van der Waals surface area contributed by atoms with Gasteiger partial charge in [0.2, 0.25) is 0 Å². The first-order valence-electron chi connectivity index (χ1n) is 12.8. The van der Waals surface area contributed by atoms with Crippen LogP contribution >= 0.6 is 0 Å². The van der Waals surface area contributed by atoms with Crippen molar-refractivity contribution in [2.24, 2.45) is 0 Å². The number of para-hydroxylation sites is 2. The molecule has 178 valence electrons. The normalized spacial score (nSPS) is 11.7. The molecule has 0 amide bonds. The zero-order valence-corrected chi connectivity index (χ0v) is 20.5. The third kappa shape index (κ3) is 3.06. The van der Waals surface area contributed by atoms with Gasteiger partial charge in [0.15, 0.2) is 5.58 Å². The molecule has 0 aliphatic heterocycles. The van der Waals surface area contributed by atoms with Crippen LogP contribution in [0, 0.1) is 0 Å². The lowest BCUT2D eigenvalue weighted by atomic mass is 10.0. The Morgan fingerprint density at radius 3 is 1.58 bits per heavy atom. The molecule has 3 heteroatoms. The van der Waals surface area contributed by atoms with Gasteiger partial charge in [-0.25, -0.2) is 0 Å². The summed E-state index contributed by atoms with van der Waals surface area (Å²) in [6, 6.07) is 45.1. The van der Waals surface area contributed by atoms with Crippen LogP contribution in [-0.4, -0.2) is 9.55 Å². The number of aromatic nitrogens is 2. The van der Waals surface area contributed by atoms with E-state index in [0.717, 1.165) is 38.8 Å². The summed E-state index contributed by atoms with van der Waals surface area (Å²) in [7, 11) is 0. The maximum Gasteiger partial charge on any atom is 0.153 e. The Hall–Kier alpha value is -5.15. The third-order valence-corrected chi connectivity index (χ3v) is 7.48. The summed E-state index contributed by atoms with van der Waals surface area (Å²) in [6.45, 7) is 0. The Morgan fingerprint density at radius 1 is 0.447 bits per heavy atom. The first-order chi connectivity index (χ1) is 18.9. The van der Waals surface area contributed by atoms with Crippen LogP contribution in [0.1, 0.15) is 0 Å². The van der Waals surface area contributed by atoms with E-state index in [9.17, 15) is 0 Å². The molecular formula is C35H22N2O. The zero-order chi connectivity index (χ0) is 25.1. The summed E-state index contributed by atoms with van der Waals surface area (Å²) in [5.74, 6) is 0. The van der Waals surface area contributed by atoms with Crippen LogP contribution in [0.3, 0.4) is 0 Å². The van der Waals surface area contributed by atoms with Gasteiger partial charge in [0.25, 0.3) is 0 Å². The van der Waals surface area contributed by atoms with Crippen LogP contribution in [0.2, 0.25) is 0 Å². The molecule has 0 unspecified atom stereocenters. The largest absolute Gasteiger partial charge is 0.454 e. The second-order valence-electron chi connectivity index (χ2n) is 9.59. The SMILES string of the molecule is c1cnc2c(c1)oc1ccc(-n3c4ccccc4c4ccccc4c4ccccc4c4ccccc43)cc12. The summed E-state index contributed by atoms with van der Waals surface area (Å²) in [6.07, 6.45) is 1.82. The smallest absolute Gasteiger partial charge is 0.153 e. The van der Waals surface area contributed by atoms with E-state index in [0.29, 0.717) is 0 Å². The molecule has 0 saturated heterocycles. The van der Waals surface area contributed by atoms with Gasteiger partial charge in [-0.1, -0.05) is 84.9 Å². The minimum absolute atomic E-state index is 0.799. The molecule has 38 heavy (non-hydrogen) atoms. The molecule has 3 nitrogen and oxygen atoms in total. The molecule has 0 fully saturated rings. The van der Waals surface area contributed by atoms with E-state index in [2.05, 4.69) is 125 Å². The lowest BCUT2D eigenvalue weighted by Gasteiger charge is -2.13. The molecule has 0 atom stereocenters. The van der Waals surface area contributed by atoms with Crippen LogP contribution in [0.15, 0.2) is 138 Å². The summed E-state index contributed by atoms with van der Waals surface area (Å²) < 4.78 is 8.49. The highest BCUT2D eigenvalue weighted by Gasteiger charge is 2.13. The Bertz CT molecular complexity index is 2150. The molecule has 0 aliphatic carbocycles. The Kier molecular flexibility index (Phi) is 4.52. The van der Waals surface area contributed by atoms with Crippen molar-refractivity contribution in [2.45, 2.75) is 0 Å². The molecule has 0 saturated carbocycles. The summed E-state index contributed by atoms with van der Waals surface area (Å²) >= 11 is 0. The van der Waals surface area contributed by atoms with Crippen LogP contribution < -0.4 is 0 Å². The van der Waals surface area contributed by atoms with Crippen molar-refractivity contribution in [3.63, 3.8) is 0 Å². The number of rotatable bonds is 1. The lowest BCUT2D eigenvalue weighted by Crippen LogP contribution is -1.97. The van der Waals surface area contributed by atoms with Crippen LogP contribution in [-0.2, 0) is 0 Å². The Morgan fingerprint density at radius 2 is 0.974 bits per heavy atom. The average molecular weight is 487 g/mol. The standard InChI is InChI=1S/C35H22N2O/c1-3-12-26-24(10-1)25-11-2-4-13-27(25)29-15-6-8-17-32(29)37(31-16-7-5-14-28(26)31)23-19-20-33-30(22-23)35-34(38-33)18-9-21-36-35/h1-22H. The predicted octanol–water partition coefficient (Wildman–Crippen LogP) is 9.51. The Labute approximate surface area is 218 Å². The van der Waals surface area contributed by atoms with Gasteiger partial charge < -0.3 is 8.98 Å². The highest BCUT2D eigenvalue weighted by Crippen LogP contribution is 2.35. The van der Waals surface area contributed by atoms with Crippen molar-refractivity contribution in [3.05, 3.63) is 134 Å². The highest BCUT2D eigenvalue weighted by atomic mass is 16.3. The fourth-order valence-electron chi connectivity index (χ4n) is 5.83. The molecule has 0 spiro atoms.